The first-order valence-corrected chi connectivity index (χ1v) is 5.84. The Morgan fingerprint density at radius 3 is 2.55 bits per heavy atom. The third-order valence-electron chi connectivity index (χ3n) is 2.22. The minimum atomic E-state index is -1.00. The Kier molecular flexibility index (Phi) is 6.38. The standard InChI is InChI=1S/C12H15F2N3O3/c13-9-2-1-8(5-10(9)14)20-4-3-16-12(19)7-17-11(18)6-15/h1-2,5H,3-4,6-7,15H2,(H,16,19)(H,17,18). The first-order chi connectivity index (χ1) is 9.52. The Balaban J connectivity index is 2.19. The first-order valence-electron chi connectivity index (χ1n) is 5.84. The zero-order chi connectivity index (χ0) is 15.0. The molecule has 0 aliphatic heterocycles. The average Bonchev–Trinajstić information content (AvgIpc) is 2.44. The van der Waals surface area contributed by atoms with E-state index < -0.39 is 23.4 Å². The molecule has 0 aliphatic rings. The number of nitrogens with one attached hydrogen (secondary N) is 2. The number of nitrogens with two attached hydrogens (primary N) is 1. The summed E-state index contributed by atoms with van der Waals surface area (Å²) in [4.78, 5) is 22.0. The van der Waals surface area contributed by atoms with Gasteiger partial charge in [-0.15, -0.1) is 0 Å². The molecule has 0 unspecified atom stereocenters. The Morgan fingerprint density at radius 2 is 1.90 bits per heavy atom. The topological polar surface area (TPSA) is 93.5 Å². The summed E-state index contributed by atoms with van der Waals surface area (Å²) in [6.07, 6.45) is 0. The van der Waals surface area contributed by atoms with Gasteiger partial charge in [-0.05, 0) is 12.1 Å². The molecule has 0 saturated carbocycles. The number of hydrogen-bond acceptors (Lipinski definition) is 4. The van der Waals surface area contributed by atoms with Gasteiger partial charge in [0.25, 0.3) is 0 Å². The zero-order valence-corrected chi connectivity index (χ0v) is 10.6. The van der Waals surface area contributed by atoms with E-state index in [1.807, 2.05) is 0 Å². The number of carbonyl (C=O) groups is 2. The molecule has 1 rings (SSSR count). The minimum Gasteiger partial charge on any atom is -0.492 e. The monoisotopic (exact) mass is 287 g/mol. The molecule has 2 amide bonds. The normalized spacial score (nSPS) is 9.95. The smallest absolute Gasteiger partial charge is 0.239 e. The summed E-state index contributed by atoms with van der Waals surface area (Å²) in [5.41, 5.74) is 5.05. The van der Waals surface area contributed by atoms with Gasteiger partial charge in [0.2, 0.25) is 11.8 Å². The SMILES string of the molecule is NCC(=O)NCC(=O)NCCOc1ccc(F)c(F)c1. The number of amides is 2. The number of carbonyl (C=O) groups excluding carboxylic acids is 2. The fraction of sp³-hybridized carbons (Fsp3) is 0.333. The van der Waals surface area contributed by atoms with Crippen LogP contribution in [-0.4, -0.2) is 38.1 Å². The van der Waals surface area contributed by atoms with Crippen molar-refractivity contribution in [3.63, 3.8) is 0 Å². The number of benzene rings is 1. The van der Waals surface area contributed by atoms with Crippen LogP contribution in [0.4, 0.5) is 8.78 Å². The van der Waals surface area contributed by atoms with E-state index in [0.29, 0.717) is 0 Å². The lowest BCUT2D eigenvalue weighted by Crippen LogP contribution is -2.40. The van der Waals surface area contributed by atoms with Gasteiger partial charge in [0.15, 0.2) is 11.6 Å². The number of halogens is 2. The van der Waals surface area contributed by atoms with E-state index in [1.165, 1.54) is 6.07 Å². The van der Waals surface area contributed by atoms with Crippen molar-refractivity contribution in [1.82, 2.24) is 10.6 Å². The molecule has 4 N–H and O–H groups in total. The van der Waals surface area contributed by atoms with Crippen molar-refractivity contribution in [2.45, 2.75) is 0 Å². The lowest BCUT2D eigenvalue weighted by atomic mass is 10.3. The highest BCUT2D eigenvalue weighted by molar-refractivity contribution is 5.85. The second kappa shape index (κ2) is 8.05. The highest BCUT2D eigenvalue weighted by atomic mass is 19.2. The van der Waals surface area contributed by atoms with Crippen molar-refractivity contribution >= 4 is 11.8 Å². The molecule has 0 aromatic heterocycles. The maximum atomic E-state index is 12.9. The van der Waals surface area contributed by atoms with Crippen LogP contribution in [0, 0.1) is 11.6 Å². The molecule has 0 aliphatic carbocycles. The van der Waals surface area contributed by atoms with Gasteiger partial charge in [-0.1, -0.05) is 0 Å². The molecule has 0 atom stereocenters. The lowest BCUT2D eigenvalue weighted by Gasteiger charge is -2.08. The van der Waals surface area contributed by atoms with Crippen LogP contribution in [0.25, 0.3) is 0 Å². The van der Waals surface area contributed by atoms with E-state index in [-0.39, 0.29) is 32.0 Å². The van der Waals surface area contributed by atoms with Crippen molar-refractivity contribution in [3.8, 4) is 5.75 Å². The molecule has 0 fully saturated rings. The van der Waals surface area contributed by atoms with Gasteiger partial charge in [0.05, 0.1) is 19.6 Å². The van der Waals surface area contributed by atoms with Gasteiger partial charge in [0, 0.05) is 6.07 Å². The van der Waals surface area contributed by atoms with Crippen LogP contribution in [0.2, 0.25) is 0 Å². The summed E-state index contributed by atoms with van der Waals surface area (Å²) in [5.74, 6) is -2.63. The Morgan fingerprint density at radius 1 is 1.15 bits per heavy atom. The third-order valence-corrected chi connectivity index (χ3v) is 2.22. The van der Waals surface area contributed by atoms with E-state index in [4.69, 9.17) is 10.5 Å². The van der Waals surface area contributed by atoms with Gasteiger partial charge in [-0.3, -0.25) is 9.59 Å². The van der Waals surface area contributed by atoms with Gasteiger partial charge in [-0.2, -0.15) is 0 Å². The molecule has 20 heavy (non-hydrogen) atoms. The molecule has 8 heteroatoms. The molecular weight excluding hydrogens is 272 g/mol. The molecule has 1 aromatic carbocycles. The molecular formula is C12H15F2N3O3. The summed E-state index contributed by atoms with van der Waals surface area (Å²) in [6, 6.07) is 3.14. The summed E-state index contributed by atoms with van der Waals surface area (Å²) >= 11 is 0. The fourth-order valence-electron chi connectivity index (χ4n) is 1.24. The van der Waals surface area contributed by atoms with E-state index in [9.17, 15) is 18.4 Å². The van der Waals surface area contributed by atoms with Gasteiger partial charge in [0.1, 0.15) is 12.4 Å². The summed E-state index contributed by atoms with van der Waals surface area (Å²) in [6.45, 7) is -0.119. The van der Waals surface area contributed by atoms with Crippen molar-refractivity contribution in [3.05, 3.63) is 29.8 Å². The quantitative estimate of drug-likeness (QED) is 0.591. The predicted molar refractivity (Wildman–Crippen MR) is 66.9 cm³/mol. The van der Waals surface area contributed by atoms with Gasteiger partial charge >= 0.3 is 0 Å². The molecule has 0 spiro atoms. The van der Waals surface area contributed by atoms with Crippen LogP contribution in [0.15, 0.2) is 18.2 Å². The largest absolute Gasteiger partial charge is 0.492 e. The number of hydrogen-bond donors (Lipinski definition) is 3. The molecule has 1 aromatic rings. The van der Waals surface area contributed by atoms with Crippen molar-refractivity contribution in [2.75, 3.05) is 26.2 Å². The molecule has 6 nitrogen and oxygen atoms in total. The first kappa shape index (κ1) is 15.8. The van der Waals surface area contributed by atoms with Gasteiger partial charge in [-0.25, -0.2) is 8.78 Å². The third kappa shape index (κ3) is 5.61. The molecule has 0 heterocycles. The van der Waals surface area contributed by atoms with Crippen molar-refractivity contribution in [2.24, 2.45) is 5.73 Å². The minimum absolute atomic E-state index is 0.0850. The zero-order valence-electron chi connectivity index (χ0n) is 10.6. The van der Waals surface area contributed by atoms with Crippen LogP contribution in [-0.2, 0) is 9.59 Å². The maximum absolute atomic E-state index is 12.9. The van der Waals surface area contributed by atoms with Crippen LogP contribution >= 0.6 is 0 Å². The van der Waals surface area contributed by atoms with Gasteiger partial charge < -0.3 is 21.1 Å². The second-order valence-electron chi connectivity index (χ2n) is 3.76. The number of ether oxygens (including phenoxy) is 1. The summed E-state index contributed by atoms with van der Waals surface area (Å²) < 4.78 is 30.6. The Bertz CT molecular complexity index is 483. The predicted octanol–water partition coefficient (Wildman–Crippen LogP) is -0.465. The van der Waals surface area contributed by atoms with E-state index in [1.54, 1.807) is 0 Å². The molecule has 110 valence electrons. The fourth-order valence-corrected chi connectivity index (χ4v) is 1.24. The lowest BCUT2D eigenvalue weighted by molar-refractivity contribution is -0.125. The van der Waals surface area contributed by atoms with Crippen LogP contribution < -0.4 is 21.1 Å². The summed E-state index contributed by atoms with van der Waals surface area (Å²) in [5, 5.41) is 4.77. The van der Waals surface area contributed by atoms with Crippen LogP contribution in [0.3, 0.4) is 0 Å². The second-order valence-corrected chi connectivity index (χ2v) is 3.76. The number of rotatable bonds is 7. The Labute approximate surface area is 114 Å². The van der Waals surface area contributed by atoms with Crippen LogP contribution in [0.5, 0.6) is 5.75 Å². The molecule has 0 saturated heterocycles. The van der Waals surface area contributed by atoms with Crippen LogP contribution in [0.1, 0.15) is 0 Å². The van der Waals surface area contributed by atoms with E-state index >= 15 is 0 Å². The van der Waals surface area contributed by atoms with Crippen molar-refractivity contribution in [1.29, 1.82) is 0 Å². The highest BCUT2D eigenvalue weighted by Gasteiger charge is 2.05. The molecule has 0 radical (unpaired) electrons. The van der Waals surface area contributed by atoms with E-state index in [2.05, 4.69) is 10.6 Å². The van der Waals surface area contributed by atoms with E-state index in [0.717, 1.165) is 12.1 Å². The Hall–Kier alpha value is -2.22. The highest BCUT2D eigenvalue weighted by Crippen LogP contribution is 2.14. The maximum Gasteiger partial charge on any atom is 0.239 e. The molecule has 0 bridgehead atoms. The summed E-state index contributed by atoms with van der Waals surface area (Å²) in [7, 11) is 0. The van der Waals surface area contributed by atoms with Crippen molar-refractivity contribution < 1.29 is 23.1 Å². The average molecular weight is 287 g/mol.